The van der Waals surface area contributed by atoms with Gasteiger partial charge >= 0.3 is 5.97 Å². The van der Waals surface area contributed by atoms with Gasteiger partial charge in [0.15, 0.2) is 6.79 Å². The number of halogens is 1. The normalized spacial score (nSPS) is 10.7. The van der Waals surface area contributed by atoms with Gasteiger partial charge in [0.05, 0.1) is 17.1 Å². The van der Waals surface area contributed by atoms with Crippen LogP contribution in [0.4, 0.5) is 0 Å². The molecule has 1 aromatic carbocycles. The molecule has 7 heteroatoms. The van der Waals surface area contributed by atoms with E-state index in [1.54, 1.807) is 24.0 Å². The number of nitrogens with zero attached hydrogens (tertiary/aromatic N) is 2. The Hall–Kier alpha value is -1.60. The molecule has 0 radical (unpaired) electrons. The highest BCUT2D eigenvalue weighted by Gasteiger charge is 2.19. The first-order chi connectivity index (χ1) is 9.08. The summed E-state index contributed by atoms with van der Waals surface area (Å²) in [4.78, 5) is 11.8. The fraction of sp³-hybridized carbons (Fsp3) is 0.333. The van der Waals surface area contributed by atoms with Gasteiger partial charge in [-0.2, -0.15) is 5.10 Å². The molecule has 1 aromatic heterocycles. The molecular formula is C12H13BrN2O4. The Labute approximate surface area is 118 Å². The lowest BCUT2D eigenvalue weighted by Crippen LogP contribution is -2.05. The van der Waals surface area contributed by atoms with Crippen molar-refractivity contribution in [3.8, 4) is 5.75 Å². The molecule has 102 valence electrons. The Morgan fingerprint density at radius 2 is 2.21 bits per heavy atom. The minimum Gasteiger partial charge on any atom is -0.466 e. The first kappa shape index (κ1) is 13.8. The Kier molecular flexibility index (Phi) is 4.06. The van der Waals surface area contributed by atoms with Gasteiger partial charge in [0.1, 0.15) is 11.3 Å². The van der Waals surface area contributed by atoms with E-state index < -0.39 is 5.97 Å². The molecule has 0 saturated carbocycles. The standard InChI is InChI=1S/C12H13BrN2O4/c1-15-5-8-10(13)9(19-6-17-2)4-7(11(8)14-15)12(16)18-3/h4-5H,6H2,1-3H3. The van der Waals surface area contributed by atoms with Crippen molar-refractivity contribution in [3.05, 3.63) is 22.3 Å². The summed E-state index contributed by atoms with van der Waals surface area (Å²) >= 11 is 3.44. The quantitative estimate of drug-likeness (QED) is 0.635. The van der Waals surface area contributed by atoms with Crippen LogP contribution in [0, 0.1) is 0 Å². The van der Waals surface area contributed by atoms with Crippen molar-refractivity contribution in [2.75, 3.05) is 21.0 Å². The van der Waals surface area contributed by atoms with E-state index in [-0.39, 0.29) is 6.79 Å². The van der Waals surface area contributed by atoms with Crippen LogP contribution in [0.1, 0.15) is 10.4 Å². The van der Waals surface area contributed by atoms with Gasteiger partial charge in [-0.05, 0) is 22.0 Å². The Bertz CT molecular complexity index is 624. The minimum atomic E-state index is -0.460. The average Bonchev–Trinajstić information content (AvgIpc) is 2.79. The Morgan fingerprint density at radius 1 is 1.47 bits per heavy atom. The average molecular weight is 329 g/mol. The number of hydrogen-bond acceptors (Lipinski definition) is 5. The second kappa shape index (κ2) is 5.58. The van der Waals surface area contributed by atoms with Crippen molar-refractivity contribution in [3.63, 3.8) is 0 Å². The second-order valence-electron chi connectivity index (χ2n) is 3.84. The number of hydrogen-bond donors (Lipinski definition) is 0. The maximum atomic E-state index is 11.8. The summed E-state index contributed by atoms with van der Waals surface area (Å²) in [5, 5.41) is 5.04. The highest BCUT2D eigenvalue weighted by atomic mass is 79.9. The smallest absolute Gasteiger partial charge is 0.340 e. The molecule has 0 bridgehead atoms. The first-order valence-electron chi connectivity index (χ1n) is 5.44. The number of carbonyl (C=O) groups is 1. The number of aromatic nitrogens is 2. The van der Waals surface area contributed by atoms with Gasteiger partial charge < -0.3 is 14.2 Å². The molecule has 0 unspecified atom stereocenters. The SMILES string of the molecule is COCOc1cc(C(=O)OC)c2nn(C)cc2c1Br. The predicted octanol–water partition coefficient (Wildman–Crippen LogP) is 2.11. The molecule has 0 spiro atoms. The van der Waals surface area contributed by atoms with E-state index in [1.165, 1.54) is 14.2 Å². The van der Waals surface area contributed by atoms with Crippen LogP contribution >= 0.6 is 15.9 Å². The van der Waals surface area contributed by atoms with Gasteiger partial charge in [0, 0.05) is 25.7 Å². The van der Waals surface area contributed by atoms with Crippen molar-refractivity contribution < 1.29 is 19.0 Å². The molecule has 2 rings (SSSR count). The van der Waals surface area contributed by atoms with Crippen LogP contribution in [0.25, 0.3) is 10.9 Å². The van der Waals surface area contributed by atoms with Crippen LogP contribution in [-0.4, -0.2) is 36.8 Å². The number of aryl methyl sites for hydroxylation is 1. The van der Waals surface area contributed by atoms with Crippen LogP contribution < -0.4 is 4.74 Å². The zero-order valence-corrected chi connectivity index (χ0v) is 12.4. The predicted molar refractivity (Wildman–Crippen MR) is 72.3 cm³/mol. The molecule has 6 nitrogen and oxygen atoms in total. The van der Waals surface area contributed by atoms with Crippen molar-refractivity contribution >= 4 is 32.8 Å². The third-order valence-electron chi connectivity index (χ3n) is 2.55. The summed E-state index contributed by atoms with van der Waals surface area (Å²) in [5.74, 6) is 0.0428. The summed E-state index contributed by atoms with van der Waals surface area (Å²) in [6.45, 7) is 0.0883. The Balaban J connectivity index is 2.64. The van der Waals surface area contributed by atoms with E-state index in [9.17, 15) is 4.79 Å². The molecule has 19 heavy (non-hydrogen) atoms. The lowest BCUT2D eigenvalue weighted by molar-refractivity contribution is 0.0500. The van der Waals surface area contributed by atoms with Crippen LogP contribution in [-0.2, 0) is 16.5 Å². The van der Waals surface area contributed by atoms with Crippen molar-refractivity contribution in [1.29, 1.82) is 0 Å². The van der Waals surface area contributed by atoms with Gasteiger partial charge in [-0.25, -0.2) is 4.79 Å². The molecule has 1 heterocycles. The fourth-order valence-electron chi connectivity index (χ4n) is 1.74. The topological polar surface area (TPSA) is 62.6 Å². The third-order valence-corrected chi connectivity index (χ3v) is 3.37. The summed E-state index contributed by atoms with van der Waals surface area (Å²) < 4.78 is 17.4. The molecule has 0 fully saturated rings. The first-order valence-corrected chi connectivity index (χ1v) is 6.23. The summed E-state index contributed by atoms with van der Waals surface area (Å²) in [7, 11) is 4.63. The van der Waals surface area contributed by atoms with Gasteiger partial charge in [-0.3, -0.25) is 4.68 Å². The van der Waals surface area contributed by atoms with Gasteiger partial charge in [0.25, 0.3) is 0 Å². The van der Waals surface area contributed by atoms with E-state index in [0.717, 1.165) is 9.86 Å². The molecule has 0 aliphatic carbocycles. The van der Waals surface area contributed by atoms with E-state index in [0.29, 0.717) is 16.8 Å². The maximum Gasteiger partial charge on any atom is 0.340 e. The zero-order valence-electron chi connectivity index (χ0n) is 10.8. The molecule has 0 N–H and O–H groups in total. The van der Waals surface area contributed by atoms with E-state index in [4.69, 9.17) is 14.2 Å². The monoisotopic (exact) mass is 328 g/mol. The number of fused-ring (bicyclic) bond motifs is 1. The number of esters is 1. The van der Waals surface area contributed by atoms with E-state index in [2.05, 4.69) is 21.0 Å². The third kappa shape index (κ3) is 2.57. The molecule has 0 atom stereocenters. The molecule has 0 aliphatic heterocycles. The fourth-order valence-corrected chi connectivity index (χ4v) is 2.26. The number of carbonyl (C=O) groups excluding carboxylic acids is 1. The summed E-state index contributed by atoms with van der Waals surface area (Å²) in [5.41, 5.74) is 0.915. The van der Waals surface area contributed by atoms with Crippen LogP contribution in [0.2, 0.25) is 0 Å². The number of methoxy groups -OCH3 is 2. The summed E-state index contributed by atoms with van der Waals surface area (Å²) in [6, 6.07) is 1.59. The maximum absolute atomic E-state index is 11.8. The van der Waals surface area contributed by atoms with E-state index in [1.807, 2.05) is 0 Å². The molecule has 2 aromatic rings. The lowest BCUT2D eigenvalue weighted by atomic mass is 10.1. The van der Waals surface area contributed by atoms with Crippen molar-refractivity contribution in [2.45, 2.75) is 0 Å². The Morgan fingerprint density at radius 3 is 2.84 bits per heavy atom. The van der Waals surface area contributed by atoms with Crippen LogP contribution in [0.15, 0.2) is 16.7 Å². The second-order valence-corrected chi connectivity index (χ2v) is 4.64. The molecule has 0 saturated heterocycles. The van der Waals surface area contributed by atoms with Gasteiger partial charge in [-0.1, -0.05) is 0 Å². The molecule has 0 amide bonds. The number of ether oxygens (including phenoxy) is 3. The highest BCUT2D eigenvalue weighted by molar-refractivity contribution is 9.10. The van der Waals surface area contributed by atoms with Crippen LogP contribution in [0.3, 0.4) is 0 Å². The summed E-state index contributed by atoms with van der Waals surface area (Å²) in [6.07, 6.45) is 1.80. The highest BCUT2D eigenvalue weighted by Crippen LogP contribution is 2.35. The number of rotatable bonds is 4. The van der Waals surface area contributed by atoms with Gasteiger partial charge in [0.2, 0.25) is 0 Å². The lowest BCUT2D eigenvalue weighted by Gasteiger charge is -2.09. The van der Waals surface area contributed by atoms with Gasteiger partial charge in [-0.15, -0.1) is 0 Å². The minimum absolute atomic E-state index is 0.0883. The number of benzene rings is 1. The van der Waals surface area contributed by atoms with Crippen molar-refractivity contribution in [2.24, 2.45) is 7.05 Å². The van der Waals surface area contributed by atoms with Crippen LogP contribution in [0.5, 0.6) is 5.75 Å². The largest absolute Gasteiger partial charge is 0.466 e. The van der Waals surface area contributed by atoms with E-state index >= 15 is 0 Å². The molecule has 0 aliphatic rings. The zero-order chi connectivity index (χ0) is 14.0. The van der Waals surface area contributed by atoms with Crippen molar-refractivity contribution in [1.82, 2.24) is 9.78 Å². The molecular weight excluding hydrogens is 316 g/mol.